The molecule has 0 saturated carbocycles. The van der Waals surface area contributed by atoms with Crippen molar-refractivity contribution in [3.8, 4) is 0 Å². The molecule has 3 rings (SSSR count). The van der Waals surface area contributed by atoms with Crippen LogP contribution in [-0.4, -0.2) is 50.1 Å². The van der Waals surface area contributed by atoms with Crippen LogP contribution in [-0.2, 0) is 10.0 Å². The van der Waals surface area contributed by atoms with E-state index in [1.165, 1.54) is 10.6 Å². The van der Waals surface area contributed by atoms with Gasteiger partial charge in [0.2, 0.25) is 10.0 Å². The second kappa shape index (κ2) is 6.26. The van der Waals surface area contributed by atoms with Crippen LogP contribution in [0.2, 0.25) is 5.02 Å². The lowest BCUT2D eigenvalue weighted by Crippen LogP contribution is -2.45. The lowest BCUT2D eigenvalue weighted by Gasteiger charge is -2.36. The number of sulfonamides is 1. The molecule has 0 bridgehead atoms. The molecule has 124 valence electrons. The van der Waals surface area contributed by atoms with E-state index in [9.17, 15) is 8.42 Å². The summed E-state index contributed by atoms with van der Waals surface area (Å²) >= 11 is 6.00. The zero-order chi connectivity index (χ0) is 16.6. The molecule has 0 unspecified atom stereocenters. The summed E-state index contributed by atoms with van der Waals surface area (Å²) in [5, 5.41) is 1.73. The number of benzene rings is 1. The van der Waals surface area contributed by atoms with Gasteiger partial charge in [-0.2, -0.15) is 0 Å². The molecule has 1 saturated heterocycles. The Hall–Kier alpha value is -1.37. The highest BCUT2D eigenvalue weighted by molar-refractivity contribution is 7.88. The number of aromatic nitrogens is 1. The second-order valence-corrected chi connectivity index (χ2v) is 8.48. The van der Waals surface area contributed by atoms with E-state index in [-0.39, 0.29) is 6.04 Å². The highest BCUT2D eigenvalue weighted by Gasteiger charge is 2.27. The van der Waals surface area contributed by atoms with Gasteiger partial charge in [-0.1, -0.05) is 11.6 Å². The topological polar surface area (TPSA) is 53.5 Å². The monoisotopic (exact) mass is 353 g/mol. The van der Waals surface area contributed by atoms with Gasteiger partial charge in [-0.3, -0.25) is 0 Å². The average molecular weight is 354 g/mol. The predicted molar refractivity (Wildman–Crippen MR) is 94.6 cm³/mol. The van der Waals surface area contributed by atoms with E-state index in [0.717, 1.165) is 42.7 Å². The quantitative estimate of drug-likeness (QED) is 0.851. The number of piperidine rings is 1. The minimum atomic E-state index is -3.13. The van der Waals surface area contributed by atoms with E-state index in [1.54, 1.807) is 7.05 Å². The number of hydrogen-bond donors (Lipinski definition) is 0. The summed E-state index contributed by atoms with van der Waals surface area (Å²) in [6, 6.07) is 9.76. The molecule has 5 nitrogen and oxygen atoms in total. The lowest BCUT2D eigenvalue weighted by atomic mass is 10.1. The van der Waals surface area contributed by atoms with Crippen LogP contribution in [0.15, 0.2) is 30.3 Å². The van der Waals surface area contributed by atoms with Crippen molar-refractivity contribution >= 4 is 38.3 Å². The summed E-state index contributed by atoms with van der Waals surface area (Å²) in [6.45, 7) is 1.60. The molecule has 1 aliphatic rings. The Morgan fingerprint density at radius 2 is 1.91 bits per heavy atom. The molecule has 23 heavy (non-hydrogen) atoms. The second-order valence-electron chi connectivity index (χ2n) is 6.00. The van der Waals surface area contributed by atoms with Gasteiger partial charge in [0.05, 0.1) is 11.8 Å². The van der Waals surface area contributed by atoms with Crippen LogP contribution in [0.5, 0.6) is 0 Å². The largest absolute Gasteiger partial charge is 0.356 e. The molecule has 0 amide bonds. The Labute approximate surface area is 141 Å². The third-order valence-corrected chi connectivity index (χ3v) is 6.04. The molecule has 1 fully saturated rings. The maximum absolute atomic E-state index is 11.6. The zero-order valence-corrected chi connectivity index (χ0v) is 14.8. The molecule has 0 aliphatic carbocycles. The minimum absolute atomic E-state index is 0.0699. The van der Waals surface area contributed by atoms with Crippen molar-refractivity contribution in [1.29, 1.82) is 0 Å². The third kappa shape index (κ3) is 3.59. The predicted octanol–water partition coefficient (Wildman–Crippen LogP) is 2.75. The van der Waals surface area contributed by atoms with Crippen LogP contribution in [0.4, 0.5) is 5.82 Å². The van der Waals surface area contributed by atoms with E-state index in [1.807, 2.05) is 30.3 Å². The van der Waals surface area contributed by atoms with Gasteiger partial charge in [0.25, 0.3) is 0 Å². The Morgan fingerprint density at radius 3 is 2.57 bits per heavy atom. The van der Waals surface area contributed by atoms with Crippen LogP contribution < -0.4 is 4.90 Å². The van der Waals surface area contributed by atoms with Gasteiger partial charge >= 0.3 is 0 Å². The van der Waals surface area contributed by atoms with Crippen LogP contribution in [0, 0.1) is 0 Å². The van der Waals surface area contributed by atoms with Gasteiger partial charge in [-0.05, 0) is 43.2 Å². The fourth-order valence-electron chi connectivity index (χ4n) is 2.99. The number of anilines is 1. The maximum atomic E-state index is 11.6. The van der Waals surface area contributed by atoms with Crippen LogP contribution in [0.3, 0.4) is 0 Å². The van der Waals surface area contributed by atoms with Gasteiger partial charge in [0.15, 0.2) is 0 Å². The first-order chi connectivity index (χ1) is 10.8. The molecule has 1 aromatic heterocycles. The maximum Gasteiger partial charge on any atom is 0.211 e. The number of fused-ring (bicyclic) bond motifs is 1. The van der Waals surface area contributed by atoms with Crippen molar-refractivity contribution in [2.45, 2.75) is 18.9 Å². The average Bonchev–Trinajstić information content (AvgIpc) is 2.53. The standard InChI is InChI=1S/C16H20ClN3O2S/c1-19(23(2,21)22)14-7-9-20(10-8-14)16-6-3-12-11-13(17)4-5-15(12)18-16/h3-6,11,14H,7-10H2,1-2H3. The SMILES string of the molecule is CN(C1CCN(c2ccc3cc(Cl)ccc3n2)CC1)S(C)(=O)=O. The zero-order valence-electron chi connectivity index (χ0n) is 13.2. The fraction of sp³-hybridized carbons (Fsp3) is 0.438. The summed E-state index contributed by atoms with van der Waals surface area (Å²) in [5.74, 6) is 0.931. The molecule has 0 radical (unpaired) electrons. The van der Waals surface area contributed by atoms with Crippen LogP contribution >= 0.6 is 11.6 Å². The smallest absolute Gasteiger partial charge is 0.211 e. The van der Waals surface area contributed by atoms with E-state index < -0.39 is 10.0 Å². The summed E-state index contributed by atoms with van der Waals surface area (Å²) in [7, 11) is -1.47. The van der Waals surface area contributed by atoms with Crippen molar-refractivity contribution < 1.29 is 8.42 Å². The normalized spacial score (nSPS) is 17.1. The summed E-state index contributed by atoms with van der Waals surface area (Å²) in [4.78, 5) is 6.90. The summed E-state index contributed by atoms with van der Waals surface area (Å²) in [6.07, 6.45) is 2.88. The molecule has 2 heterocycles. The van der Waals surface area contributed by atoms with E-state index in [0.29, 0.717) is 5.02 Å². The Balaban J connectivity index is 1.74. The molecule has 2 aromatic rings. The van der Waals surface area contributed by atoms with Crippen molar-refractivity contribution in [1.82, 2.24) is 9.29 Å². The fourth-order valence-corrected chi connectivity index (χ4v) is 3.92. The van der Waals surface area contributed by atoms with Crippen LogP contribution in [0.1, 0.15) is 12.8 Å². The first-order valence-electron chi connectivity index (χ1n) is 7.59. The Kier molecular flexibility index (Phi) is 4.49. The van der Waals surface area contributed by atoms with Crippen molar-refractivity contribution in [3.05, 3.63) is 35.4 Å². The first-order valence-corrected chi connectivity index (χ1v) is 9.81. The number of hydrogen-bond acceptors (Lipinski definition) is 4. The van der Waals surface area contributed by atoms with Gasteiger partial charge in [0, 0.05) is 36.6 Å². The number of nitrogens with zero attached hydrogens (tertiary/aromatic N) is 3. The van der Waals surface area contributed by atoms with E-state index in [2.05, 4.69) is 4.90 Å². The van der Waals surface area contributed by atoms with Crippen molar-refractivity contribution in [2.75, 3.05) is 31.3 Å². The van der Waals surface area contributed by atoms with Crippen LogP contribution in [0.25, 0.3) is 10.9 Å². The summed E-state index contributed by atoms with van der Waals surface area (Å²) in [5.41, 5.74) is 0.919. The third-order valence-electron chi connectivity index (χ3n) is 4.46. The molecule has 1 aromatic carbocycles. The number of halogens is 1. The minimum Gasteiger partial charge on any atom is -0.356 e. The molecule has 0 N–H and O–H groups in total. The molecule has 0 spiro atoms. The van der Waals surface area contributed by atoms with Gasteiger partial charge in [-0.25, -0.2) is 17.7 Å². The highest BCUT2D eigenvalue weighted by Crippen LogP contribution is 2.25. The van der Waals surface area contributed by atoms with Gasteiger partial charge < -0.3 is 4.90 Å². The molecule has 1 aliphatic heterocycles. The number of rotatable bonds is 3. The molecule has 7 heteroatoms. The lowest BCUT2D eigenvalue weighted by molar-refractivity contribution is 0.313. The highest BCUT2D eigenvalue weighted by atomic mass is 35.5. The van der Waals surface area contributed by atoms with E-state index in [4.69, 9.17) is 16.6 Å². The van der Waals surface area contributed by atoms with Crippen molar-refractivity contribution in [2.24, 2.45) is 0 Å². The Morgan fingerprint density at radius 1 is 1.22 bits per heavy atom. The first kappa shape index (κ1) is 16.5. The van der Waals surface area contributed by atoms with E-state index >= 15 is 0 Å². The Bertz CT molecular complexity index is 817. The van der Waals surface area contributed by atoms with Crippen molar-refractivity contribution in [3.63, 3.8) is 0 Å². The molecule has 0 atom stereocenters. The number of pyridine rings is 1. The molecular formula is C16H20ClN3O2S. The van der Waals surface area contributed by atoms with Gasteiger partial charge in [-0.15, -0.1) is 0 Å². The van der Waals surface area contributed by atoms with Gasteiger partial charge in [0.1, 0.15) is 5.82 Å². The molecular weight excluding hydrogens is 334 g/mol. The summed E-state index contributed by atoms with van der Waals surface area (Å²) < 4.78 is 24.8.